The molecule has 0 bridgehead atoms. The normalized spacial score (nSPS) is 13.9. The van der Waals surface area contributed by atoms with Crippen molar-refractivity contribution in [3.63, 3.8) is 0 Å². The lowest BCUT2D eigenvalue weighted by Crippen LogP contribution is -2.11. The minimum Gasteiger partial charge on any atom is -0.485 e. The highest BCUT2D eigenvalue weighted by Crippen LogP contribution is 2.35. The Morgan fingerprint density at radius 1 is 1.03 bits per heavy atom. The molecule has 3 aromatic carbocycles. The number of hydrogen-bond donors (Lipinski definition) is 0. The summed E-state index contributed by atoms with van der Waals surface area (Å²) in [6.45, 7) is 2.83. The summed E-state index contributed by atoms with van der Waals surface area (Å²) in [5.41, 5.74) is 3.13. The molecule has 0 atom stereocenters. The Morgan fingerprint density at radius 2 is 1.81 bits per heavy atom. The molecule has 0 unspecified atom stereocenters. The average molecular weight is 423 g/mol. The Morgan fingerprint density at radius 3 is 2.62 bits per heavy atom. The van der Waals surface area contributed by atoms with E-state index >= 15 is 0 Å². The summed E-state index contributed by atoms with van der Waals surface area (Å²) in [7, 11) is 0. The zero-order valence-corrected chi connectivity index (χ0v) is 17.6. The number of nitrogens with zero attached hydrogens (tertiary/aromatic N) is 1. The number of ketones is 2. The predicted octanol–water partition coefficient (Wildman–Crippen LogP) is 5.54. The third-order valence-electron chi connectivity index (χ3n) is 5.55. The zero-order chi connectivity index (χ0) is 22.1. The van der Waals surface area contributed by atoms with Gasteiger partial charge in [0.05, 0.1) is 5.56 Å². The fraction of sp³-hybridized carbons (Fsp3) is 0.111. The standard InChI is InChI=1S/C27H21NO4/c1-2-28-16-19(21-10-6-7-11-23(21)28)14-26-27(30)22-13-12-20(15-25(22)32-26)31-17-24(29)18-8-4-3-5-9-18/h3-16H,2,17H2,1H3/b26-14-. The van der Waals surface area contributed by atoms with Crippen molar-refractivity contribution in [1.29, 1.82) is 0 Å². The second-order valence-electron chi connectivity index (χ2n) is 7.56. The van der Waals surface area contributed by atoms with Crippen LogP contribution in [0.4, 0.5) is 0 Å². The number of Topliss-reactive ketones (excluding diaryl/α,β-unsaturated/α-hetero) is 2. The molecule has 1 aliphatic heterocycles. The maximum atomic E-state index is 12.9. The second-order valence-corrected chi connectivity index (χ2v) is 7.56. The molecule has 5 nitrogen and oxygen atoms in total. The van der Waals surface area contributed by atoms with Crippen molar-refractivity contribution in [2.24, 2.45) is 0 Å². The van der Waals surface area contributed by atoms with Gasteiger partial charge in [0.15, 0.2) is 18.1 Å². The van der Waals surface area contributed by atoms with Crippen LogP contribution in [0, 0.1) is 0 Å². The molecule has 0 N–H and O–H groups in total. The summed E-state index contributed by atoms with van der Waals surface area (Å²) in [5.74, 6) is 0.905. The maximum absolute atomic E-state index is 12.9. The van der Waals surface area contributed by atoms with Crippen LogP contribution >= 0.6 is 0 Å². The van der Waals surface area contributed by atoms with Gasteiger partial charge in [0, 0.05) is 40.8 Å². The summed E-state index contributed by atoms with van der Waals surface area (Å²) in [5, 5.41) is 1.07. The number of allylic oxidation sites excluding steroid dienone is 1. The fourth-order valence-electron chi connectivity index (χ4n) is 3.91. The Hall–Kier alpha value is -4.12. The van der Waals surface area contributed by atoms with E-state index in [4.69, 9.17) is 9.47 Å². The van der Waals surface area contributed by atoms with E-state index in [1.807, 2.05) is 42.6 Å². The van der Waals surface area contributed by atoms with Crippen molar-refractivity contribution in [3.8, 4) is 11.5 Å². The Kier molecular flexibility index (Phi) is 5.07. The number of aromatic nitrogens is 1. The van der Waals surface area contributed by atoms with E-state index in [0.29, 0.717) is 22.6 Å². The van der Waals surface area contributed by atoms with Crippen molar-refractivity contribution < 1.29 is 19.1 Å². The van der Waals surface area contributed by atoms with E-state index in [2.05, 4.69) is 17.6 Å². The van der Waals surface area contributed by atoms with Crippen LogP contribution in [-0.2, 0) is 6.54 Å². The van der Waals surface area contributed by atoms with Gasteiger partial charge in [-0.25, -0.2) is 0 Å². The quantitative estimate of drug-likeness (QED) is 0.302. The van der Waals surface area contributed by atoms with Gasteiger partial charge in [-0.3, -0.25) is 9.59 Å². The SMILES string of the molecule is CCn1cc(/C=C2\Oc3cc(OCC(=O)c4ccccc4)ccc3C2=O)c2ccccc21. The van der Waals surface area contributed by atoms with E-state index < -0.39 is 0 Å². The topological polar surface area (TPSA) is 57.5 Å². The number of carbonyl (C=O) groups excluding carboxylic acids is 2. The number of para-hydroxylation sites is 1. The Balaban J connectivity index is 1.37. The van der Waals surface area contributed by atoms with E-state index in [0.717, 1.165) is 23.0 Å². The van der Waals surface area contributed by atoms with Crippen LogP contribution < -0.4 is 9.47 Å². The van der Waals surface area contributed by atoms with Crippen molar-refractivity contribution >= 4 is 28.5 Å². The molecule has 0 saturated carbocycles. The highest BCUT2D eigenvalue weighted by atomic mass is 16.5. The second kappa shape index (κ2) is 8.19. The minimum absolute atomic E-state index is 0.0873. The van der Waals surface area contributed by atoms with Crippen LogP contribution in [-0.4, -0.2) is 22.7 Å². The summed E-state index contributed by atoms with van der Waals surface area (Å²) in [6.07, 6.45) is 3.82. The lowest BCUT2D eigenvalue weighted by atomic mass is 10.1. The zero-order valence-electron chi connectivity index (χ0n) is 17.6. The molecule has 0 saturated heterocycles. The number of aryl methyl sites for hydroxylation is 1. The molecule has 0 aliphatic carbocycles. The first-order valence-corrected chi connectivity index (χ1v) is 10.5. The smallest absolute Gasteiger partial charge is 0.231 e. The van der Waals surface area contributed by atoms with Crippen molar-refractivity contribution in [2.45, 2.75) is 13.5 Å². The van der Waals surface area contributed by atoms with Gasteiger partial charge >= 0.3 is 0 Å². The number of benzene rings is 3. The van der Waals surface area contributed by atoms with Gasteiger partial charge in [-0.2, -0.15) is 0 Å². The molecule has 0 fully saturated rings. The summed E-state index contributed by atoms with van der Waals surface area (Å²) in [6, 6.07) is 22.1. The lowest BCUT2D eigenvalue weighted by Gasteiger charge is -2.06. The predicted molar refractivity (Wildman–Crippen MR) is 123 cm³/mol. The van der Waals surface area contributed by atoms with E-state index in [9.17, 15) is 9.59 Å². The minimum atomic E-state index is -0.166. The van der Waals surface area contributed by atoms with E-state index in [1.165, 1.54) is 0 Å². The molecule has 0 amide bonds. The monoisotopic (exact) mass is 423 g/mol. The van der Waals surface area contributed by atoms with Gasteiger partial charge in [0.2, 0.25) is 5.78 Å². The molecular weight excluding hydrogens is 402 g/mol. The largest absolute Gasteiger partial charge is 0.485 e. The van der Waals surface area contributed by atoms with Crippen LogP contribution in [0.15, 0.2) is 84.8 Å². The molecule has 5 rings (SSSR count). The van der Waals surface area contributed by atoms with Gasteiger partial charge in [-0.15, -0.1) is 0 Å². The molecule has 1 aromatic heterocycles. The molecule has 32 heavy (non-hydrogen) atoms. The first-order chi connectivity index (χ1) is 15.6. The first-order valence-electron chi connectivity index (χ1n) is 10.5. The highest BCUT2D eigenvalue weighted by molar-refractivity contribution is 6.15. The number of fused-ring (bicyclic) bond motifs is 2. The first kappa shape index (κ1) is 19.8. The average Bonchev–Trinajstić information content (AvgIpc) is 3.35. The van der Waals surface area contributed by atoms with Crippen LogP contribution in [0.3, 0.4) is 0 Å². The number of ether oxygens (including phenoxy) is 2. The Bertz CT molecular complexity index is 1370. The molecular formula is C27H21NO4. The third kappa shape index (κ3) is 3.58. The van der Waals surface area contributed by atoms with Crippen molar-refractivity contribution in [3.05, 3.63) is 101 Å². The lowest BCUT2D eigenvalue weighted by molar-refractivity contribution is 0.0921. The molecule has 5 heteroatoms. The number of rotatable bonds is 6. The third-order valence-corrected chi connectivity index (χ3v) is 5.55. The van der Waals surface area contributed by atoms with Gasteiger partial charge in [-0.1, -0.05) is 48.5 Å². The number of carbonyl (C=O) groups is 2. The van der Waals surface area contributed by atoms with Gasteiger partial charge in [-0.05, 0) is 31.2 Å². The van der Waals surface area contributed by atoms with E-state index in [1.54, 1.807) is 36.4 Å². The van der Waals surface area contributed by atoms with Gasteiger partial charge < -0.3 is 14.0 Å². The molecule has 158 valence electrons. The molecule has 0 spiro atoms. The van der Waals surface area contributed by atoms with Crippen molar-refractivity contribution in [1.82, 2.24) is 4.57 Å². The van der Waals surface area contributed by atoms with Gasteiger partial charge in [0.25, 0.3) is 0 Å². The van der Waals surface area contributed by atoms with Crippen LogP contribution in [0.2, 0.25) is 0 Å². The van der Waals surface area contributed by atoms with Crippen LogP contribution in [0.5, 0.6) is 11.5 Å². The van der Waals surface area contributed by atoms with Gasteiger partial charge in [0.1, 0.15) is 11.5 Å². The fourth-order valence-corrected chi connectivity index (χ4v) is 3.91. The Labute approximate surface area is 185 Å². The summed E-state index contributed by atoms with van der Waals surface area (Å²) >= 11 is 0. The van der Waals surface area contributed by atoms with Crippen molar-refractivity contribution in [2.75, 3.05) is 6.61 Å². The maximum Gasteiger partial charge on any atom is 0.231 e. The molecule has 1 aliphatic rings. The molecule has 0 radical (unpaired) electrons. The highest BCUT2D eigenvalue weighted by Gasteiger charge is 2.28. The van der Waals surface area contributed by atoms with Crippen LogP contribution in [0.25, 0.3) is 17.0 Å². The summed E-state index contributed by atoms with van der Waals surface area (Å²) < 4.78 is 13.7. The summed E-state index contributed by atoms with van der Waals surface area (Å²) in [4.78, 5) is 25.2. The van der Waals surface area contributed by atoms with E-state index in [-0.39, 0.29) is 23.9 Å². The van der Waals surface area contributed by atoms with Crippen LogP contribution in [0.1, 0.15) is 33.2 Å². The molecule has 4 aromatic rings. The molecule has 2 heterocycles. The number of hydrogen-bond acceptors (Lipinski definition) is 4.